The van der Waals surface area contributed by atoms with Crippen molar-refractivity contribution in [1.82, 2.24) is 4.90 Å². The number of likely N-dealkylation sites (tertiary alicyclic amines) is 1. The molecule has 0 spiro atoms. The van der Waals surface area contributed by atoms with E-state index in [1.807, 2.05) is 0 Å². The summed E-state index contributed by atoms with van der Waals surface area (Å²) in [4.78, 5) is 12.5. The van der Waals surface area contributed by atoms with Gasteiger partial charge in [-0.1, -0.05) is 6.42 Å². The van der Waals surface area contributed by atoms with Crippen LogP contribution in [0.4, 0.5) is 13.2 Å². The van der Waals surface area contributed by atoms with E-state index in [0.717, 1.165) is 11.3 Å². The SMILES string of the molecule is NCCC(N1CCCCCC1=O)C(F)(F)F. The number of carbonyl (C=O) groups excluding carboxylic acids is 1. The van der Waals surface area contributed by atoms with Crippen LogP contribution in [0.15, 0.2) is 0 Å². The van der Waals surface area contributed by atoms with Crippen LogP contribution in [0.25, 0.3) is 0 Å². The first-order valence-electron chi connectivity index (χ1n) is 5.53. The monoisotopic (exact) mass is 238 g/mol. The summed E-state index contributed by atoms with van der Waals surface area (Å²) in [6.45, 7) is 0.136. The lowest BCUT2D eigenvalue weighted by molar-refractivity contribution is -0.190. The number of alkyl halides is 3. The molecule has 1 amide bonds. The lowest BCUT2D eigenvalue weighted by atomic mass is 10.1. The zero-order chi connectivity index (χ0) is 12.2. The third-order valence-corrected chi connectivity index (χ3v) is 2.80. The third-order valence-electron chi connectivity index (χ3n) is 2.80. The third kappa shape index (κ3) is 3.37. The van der Waals surface area contributed by atoms with Gasteiger partial charge in [-0.25, -0.2) is 0 Å². The van der Waals surface area contributed by atoms with Gasteiger partial charge in [-0.3, -0.25) is 4.79 Å². The van der Waals surface area contributed by atoms with Gasteiger partial charge in [0, 0.05) is 13.0 Å². The Bertz CT molecular complexity index is 243. The van der Waals surface area contributed by atoms with Gasteiger partial charge in [0.2, 0.25) is 5.91 Å². The van der Waals surface area contributed by atoms with Crippen LogP contribution in [-0.4, -0.2) is 36.1 Å². The van der Waals surface area contributed by atoms with Crippen LogP contribution in [0.5, 0.6) is 0 Å². The van der Waals surface area contributed by atoms with E-state index in [1.54, 1.807) is 0 Å². The molecule has 94 valence electrons. The van der Waals surface area contributed by atoms with Crippen LogP contribution in [0.3, 0.4) is 0 Å². The highest BCUT2D eigenvalue weighted by Crippen LogP contribution is 2.29. The molecule has 0 bridgehead atoms. The molecule has 0 aliphatic carbocycles. The maximum atomic E-state index is 12.7. The molecule has 1 fully saturated rings. The van der Waals surface area contributed by atoms with Crippen LogP contribution in [0, 0.1) is 0 Å². The fraction of sp³-hybridized carbons (Fsp3) is 0.900. The Morgan fingerprint density at radius 3 is 2.56 bits per heavy atom. The molecule has 1 unspecified atom stereocenters. The maximum absolute atomic E-state index is 12.7. The van der Waals surface area contributed by atoms with Crippen molar-refractivity contribution in [3.05, 3.63) is 0 Å². The maximum Gasteiger partial charge on any atom is 0.408 e. The summed E-state index contributed by atoms with van der Waals surface area (Å²) in [6, 6.07) is -1.71. The van der Waals surface area contributed by atoms with E-state index in [0.29, 0.717) is 12.8 Å². The van der Waals surface area contributed by atoms with Crippen molar-refractivity contribution < 1.29 is 18.0 Å². The summed E-state index contributed by atoms with van der Waals surface area (Å²) in [6.07, 6.45) is -2.23. The van der Waals surface area contributed by atoms with Crippen molar-refractivity contribution in [2.45, 2.75) is 44.3 Å². The van der Waals surface area contributed by atoms with Crippen LogP contribution in [0.1, 0.15) is 32.1 Å². The topological polar surface area (TPSA) is 46.3 Å². The Balaban J connectivity index is 2.78. The van der Waals surface area contributed by atoms with Crippen LogP contribution in [0.2, 0.25) is 0 Å². The van der Waals surface area contributed by atoms with E-state index in [4.69, 9.17) is 5.73 Å². The Morgan fingerprint density at radius 1 is 1.31 bits per heavy atom. The molecule has 1 aliphatic heterocycles. The Kier molecular flexibility index (Phi) is 4.58. The van der Waals surface area contributed by atoms with Crippen molar-refractivity contribution in [3.63, 3.8) is 0 Å². The molecular weight excluding hydrogens is 221 g/mol. The molecule has 0 saturated carbocycles. The van der Waals surface area contributed by atoms with Crippen LogP contribution >= 0.6 is 0 Å². The minimum absolute atomic E-state index is 0.0616. The molecule has 1 heterocycles. The first-order valence-corrected chi connectivity index (χ1v) is 5.53. The number of rotatable bonds is 3. The zero-order valence-corrected chi connectivity index (χ0v) is 9.09. The molecule has 6 heteroatoms. The minimum Gasteiger partial charge on any atom is -0.331 e. The lowest BCUT2D eigenvalue weighted by Gasteiger charge is -2.32. The average Bonchev–Trinajstić information content (AvgIpc) is 2.38. The summed E-state index contributed by atoms with van der Waals surface area (Å²) in [5.41, 5.74) is 5.18. The standard InChI is InChI=1S/C10H17F3N2O/c11-10(12,13)8(5-6-14)15-7-3-1-2-4-9(15)16/h8H,1-7,14H2. The summed E-state index contributed by atoms with van der Waals surface area (Å²) in [5, 5.41) is 0. The van der Waals surface area contributed by atoms with Crippen molar-refractivity contribution in [1.29, 1.82) is 0 Å². The van der Waals surface area contributed by atoms with Gasteiger partial charge in [0.15, 0.2) is 0 Å². The van der Waals surface area contributed by atoms with Crippen molar-refractivity contribution in [2.24, 2.45) is 5.73 Å². The fourth-order valence-electron chi connectivity index (χ4n) is 1.99. The molecule has 0 aromatic carbocycles. The highest BCUT2D eigenvalue weighted by Gasteiger charge is 2.44. The van der Waals surface area contributed by atoms with E-state index in [1.165, 1.54) is 0 Å². The molecule has 0 aromatic heterocycles. The summed E-state index contributed by atoms with van der Waals surface area (Å²) in [7, 11) is 0. The molecule has 1 saturated heterocycles. The van der Waals surface area contributed by atoms with Gasteiger partial charge in [0.05, 0.1) is 0 Å². The van der Waals surface area contributed by atoms with Gasteiger partial charge < -0.3 is 10.6 Å². The Morgan fingerprint density at radius 2 is 2.00 bits per heavy atom. The van der Waals surface area contributed by atoms with Gasteiger partial charge in [-0.15, -0.1) is 0 Å². The summed E-state index contributed by atoms with van der Waals surface area (Å²) < 4.78 is 38.2. The second-order valence-electron chi connectivity index (χ2n) is 4.03. The minimum atomic E-state index is -4.38. The zero-order valence-electron chi connectivity index (χ0n) is 9.09. The average molecular weight is 238 g/mol. The molecule has 0 aromatic rings. The Hall–Kier alpha value is -0.780. The number of amides is 1. The van der Waals surface area contributed by atoms with Gasteiger partial charge in [-0.2, -0.15) is 13.2 Å². The summed E-state index contributed by atoms with van der Waals surface area (Å²) in [5.74, 6) is -0.395. The number of hydrogen-bond donors (Lipinski definition) is 1. The number of nitrogens with two attached hydrogens (primary N) is 1. The van der Waals surface area contributed by atoms with E-state index in [2.05, 4.69) is 0 Å². The summed E-state index contributed by atoms with van der Waals surface area (Å²) >= 11 is 0. The van der Waals surface area contributed by atoms with Crippen molar-refractivity contribution in [3.8, 4) is 0 Å². The second-order valence-corrected chi connectivity index (χ2v) is 4.03. The first kappa shape index (κ1) is 13.3. The highest BCUT2D eigenvalue weighted by atomic mass is 19.4. The second kappa shape index (κ2) is 5.52. The molecular formula is C10H17F3N2O. The predicted octanol–water partition coefficient (Wildman–Crippen LogP) is 1.67. The number of hydrogen-bond acceptors (Lipinski definition) is 2. The van der Waals surface area contributed by atoms with Gasteiger partial charge in [0.1, 0.15) is 6.04 Å². The van der Waals surface area contributed by atoms with Crippen molar-refractivity contribution in [2.75, 3.05) is 13.1 Å². The van der Waals surface area contributed by atoms with Gasteiger partial charge in [0.25, 0.3) is 0 Å². The molecule has 0 radical (unpaired) electrons. The van der Waals surface area contributed by atoms with Crippen molar-refractivity contribution >= 4 is 5.91 Å². The smallest absolute Gasteiger partial charge is 0.331 e. The highest BCUT2D eigenvalue weighted by molar-refractivity contribution is 5.76. The van der Waals surface area contributed by atoms with E-state index < -0.39 is 18.1 Å². The molecule has 1 aliphatic rings. The largest absolute Gasteiger partial charge is 0.408 e. The number of halogens is 3. The lowest BCUT2D eigenvalue weighted by Crippen LogP contribution is -2.49. The van der Waals surface area contributed by atoms with Crippen LogP contribution < -0.4 is 5.73 Å². The number of nitrogens with zero attached hydrogens (tertiary/aromatic N) is 1. The van der Waals surface area contributed by atoms with Gasteiger partial charge in [-0.05, 0) is 25.8 Å². The van der Waals surface area contributed by atoms with Gasteiger partial charge >= 0.3 is 6.18 Å². The molecule has 1 rings (SSSR count). The molecule has 2 N–H and O–H groups in total. The predicted molar refractivity (Wildman–Crippen MR) is 53.7 cm³/mol. The normalized spacial score (nSPS) is 20.8. The quantitative estimate of drug-likeness (QED) is 0.813. The first-order chi connectivity index (χ1) is 7.46. The van der Waals surface area contributed by atoms with Crippen LogP contribution in [-0.2, 0) is 4.79 Å². The molecule has 1 atom stereocenters. The fourth-order valence-corrected chi connectivity index (χ4v) is 1.99. The Labute approximate surface area is 92.8 Å². The van der Waals surface area contributed by atoms with E-state index >= 15 is 0 Å². The molecule has 3 nitrogen and oxygen atoms in total. The van der Waals surface area contributed by atoms with E-state index in [-0.39, 0.29) is 25.9 Å². The number of carbonyl (C=O) groups is 1. The molecule has 16 heavy (non-hydrogen) atoms. The van der Waals surface area contributed by atoms with E-state index in [9.17, 15) is 18.0 Å².